The quantitative estimate of drug-likeness (QED) is 0.374. The first kappa shape index (κ1) is 23.6. The molecule has 0 unspecified atom stereocenters. The molecule has 0 spiro atoms. The predicted octanol–water partition coefficient (Wildman–Crippen LogP) is 6.28. The number of alkyl halides is 3. The minimum atomic E-state index is -2.18. The van der Waals surface area contributed by atoms with Crippen LogP contribution in [0.1, 0.15) is 21.5 Å². The first-order valence-corrected chi connectivity index (χ1v) is 11.2. The van der Waals surface area contributed by atoms with E-state index in [9.17, 15) is 9.59 Å². The summed E-state index contributed by atoms with van der Waals surface area (Å²) in [6.07, 6.45) is 0. The lowest BCUT2D eigenvalue weighted by molar-refractivity contribution is -0.117. The molecule has 3 aromatic rings. The van der Waals surface area contributed by atoms with Crippen molar-refractivity contribution in [2.75, 3.05) is 4.90 Å². The maximum absolute atomic E-state index is 13.0. The van der Waals surface area contributed by atoms with Gasteiger partial charge in [-0.05, 0) is 35.4 Å². The lowest BCUT2D eigenvalue weighted by atomic mass is 10.1. The highest BCUT2D eigenvalue weighted by Gasteiger charge is 2.37. The summed E-state index contributed by atoms with van der Waals surface area (Å²) in [4.78, 5) is 27.3. The summed E-state index contributed by atoms with van der Waals surface area (Å²) in [6.45, 7) is 0.474. The van der Waals surface area contributed by atoms with Crippen molar-refractivity contribution in [3.05, 3.63) is 100 Å². The van der Waals surface area contributed by atoms with Crippen LogP contribution in [0.2, 0.25) is 0 Å². The normalized spacial score (nSPS) is 11.1. The van der Waals surface area contributed by atoms with Gasteiger partial charge in [-0.25, -0.2) is 0 Å². The molecule has 0 saturated carbocycles. The van der Waals surface area contributed by atoms with Crippen LogP contribution in [-0.4, -0.2) is 15.6 Å². The van der Waals surface area contributed by atoms with Crippen molar-refractivity contribution in [2.45, 2.75) is 16.9 Å². The van der Waals surface area contributed by atoms with Crippen molar-refractivity contribution >= 4 is 68.2 Å². The molecule has 2 amide bonds. The van der Waals surface area contributed by atoms with Crippen molar-refractivity contribution < 1.29 is 9.59 Å². The van der Waals surface area contributed by atoms with Crippen molar-refractivity contribution in [3.63, 3.8) is 0 Å². The third kappa shape index (κ3) is 6.47. The zero-order chi connectivity index (χ0) is 22.4. The monoisotopic (exact) mass is 538 g/mol. The van der Waals surface area contributed by atoms with Crippen LogP contribution in [0.15, 0.2) is 83.3 Å². The van der Waals surface area contributed by atoms with Gasteiger partial charge in [0.1, 0.15) is 0 Å². The molecule has 3 aromatic carbocycles. The van der Waals surface area contributed by atoms with Gasteiger partial charge in [0.25, 0.3) is 15.6 Å². The zero-order valence-corrected chi connectivity index (χ0v) is 20.0. The van der Waals surface area contributed by atoms with Gasteiger partial charge < -0.3 is 10.2 Å². The second kappa shape index (κ2) is 10.5. The molecule has 4 nitrogen and oxygen atoms in total. The molecule has 31 heavy (non-hydrogen) atoms. The molecule has 0 aliphatic carbocycles. The molecule has 0 atom stereocenters. The van der Waals surface area contributed by atoms with Gasteiger partial charge in [-0.3, -0.25) is 9.59 Å². The zero-order valence-electron chi connectivity index (χ0n) is 16.2. The third-order valence-electron chi connectivity index (χ3n) is 4.48. The number of amides is 2. The summed E-state index contributed by atoms with van der Waals surface area (Å²) in [5, 5.41) is 2.88. The highest BCUT2D eigenvalue weighted by molar-refractivity contribution is 9.10. The average molecular weight is 541 g/mol. The Labute approximate surface area is 204 Å². The van der Waals surface area contributed by atoms with Gasteiger partial charge in [0.2, 0.25) is 0 Å². The van der Waals surface area contributed by atoms with Gasteiger partial charge in [-0.2, -0.15) is 0 Å². The van der Waals surface area contributed by atoms with Crippen LogP contribution in [0.3, 0.4) is 0 Å². The Bertz CT molecular complexity index is 1050. The summed E-state index contributed by atoms with van der Waals surface area (Å²) in [5.74, 6) is -1.08. The van der Waals surface area contributed by atoms with Gasteiger partial charge in [-0.15, -0.1) is 0 Å². The fraction of sp³-hybridized carbons (Fsp3) is 0.130. The van der Waals surface area contributed by atoms with E-state index in [-0.39, 0.29) is 12.5 Å². The van der Waals surface area contributed by atoms with Gasteiger partial charge >= 0.3 is 0 Å². The van der Waals surface area contributed by atoms with Gasteiger partial charge in [0, 0.05) is 11.0 Å². The summed E-state index contributed by atoms with van der Waals surface area (Å²) >= 11 is 21.2. The SMILES string of the molecule is O=C(NCc1ccccc1)c1ccccc1N(Cc1ccc(Br)cc1)C(=O)C(Cl)(Cl)Cl. The van der Waals surface area contributed by atoms with Crippen LogP contribution >= 0.6 is 50.7 Å². The first-order chi connectivity index (χ1) is 14.8. The number of rotatable bonds is 6. The Balaban J connectivity index is 1.92. The summed E-state index contributed by atoms with van der Waals surface area (Å²) in [6, 6.07) is 23.7. The minimum Gasteiger partial charge on any atom is -0.348 e. The number of nitrogens with one attached hydrogen (secondary N) is 1. The number of anilines is 1. The molecular weight excluding hydrogens is 523 g/mol. The van der Waals surface area contributed by atoms with Crippen LogP contribution < -0.4 is 10.2 Å². The van der Waals surface area contributed by atoms with Crippen LogP contribution in [0, 0.1) is 0 Å². The molecule has 0 radical (unpaired) electrons. The molecule has 3 rings (SSSR count). The van der Waals surface area contributed by atoms with E-state index in [1.165, 1.54) is 4.90 Å². The lowest BCUT2D eigenvalue weighted by Crippen LogP contribution is -2.40. The fourth-order valence-electron chi connectivity index (χ4n) is 2.97. The van der Waals surface area contributed by atoms with Crippen LogP contribution in [0.4, 0.5) is 5.69 Å². The number of carbonyl (C=O) groups is 2. The van der Waals surface area contributed by atoms with E-state index >= 15 is 0 Å². The van der Waals surface area contributed by atoms with Crippen molar-refractivity contribution in [1.82, 2.24) is 5.32 Å². The lowest BCUT2D eigenvalue weighted by Gasteiger charge is -2.28. The largest absolute Gasteiger partial charge is 0.348 e. The summed E-state index contributed by atoms with van der Waals surface area (Å²) < 4.78 is -1.28. The van der Waals surface area contributed by atoms with E-state index < -0.39 is 9.70 Å². The molecule has 0 aliphatic heterocycles. The molecule has 160 valence electrons. The highest BCUT2D eigenvalue weighted by Crippen LogP contribution is 2.33. The molecule has 0 saturated heterocycles. The number of carbonyl (C=O) groups excluding carboxylic acids is 2. The second-order valence-electron chi connectivity index (χ2n) is 6.70. The van der Waals surface area contributed by atoms with E-state index in [0.29, 0.717) is 17.8 Å². The summed E-state index contributed by atoms with van der Waals surface area (Å²) in [5.41, 5.74) is 2.42. The van der Waals surface area contributed by atoms with Gasteiger partial charge in [0.05, 0.1) is 17.8 Å². The van der Waals surface area contributed by atoms with Crippen molar-refractivity contribution in [2.24, 2.45) is 0 Å². The van der Waals surface area contributed by atoms with Crippen LogP contribution in [0.5, 0.6) is 0 Å². The Morgan fingerprint density at radius 1 is 0.839 bits per heavy atom. The predicted molar refractivity (Wildman–Crippen MR) is 130 cm³/mol. The van der Waals surface area contributed by atoms with Crippen molar-refractivity contribution in [1.29, 1.82) is 0 Å². The molecule has 0 fully saturated rings. The standard InChI is InChI=1S/C23H18BrCl3N2O2/c24-18-12-10-17(11-13-18)15-29(22(31)23(25,26)27)20-9-5-4-8-19(20)21(30)28-14-16-6-2-1-3-7-16/h1-13H,14-15H2,(H,28,30). The Kier molecular flexibility index (Phi) is 8.00. The fourth-order valence-corrected chi connectivity index (χ4v) is 3.54. The maximum Gasteiger partial charge on any atom is 0.279 e. The Hall–Kier alpha value is -2.05. The van der Waals surface area contributed by atoms with E-state index in [1.807, 2.05) is 54.6 Å². The molecular formula is C23H18BrCl3N2O2. The van der Waals surface area contributed by atoms with Crippen molar-refractivity contribution in [3.8, 4) is 0 Å². The number of nitrogens with zero attached hydrogens (tertiary/aromatic N) is 1. The molecule has 0 bridgehead atoms. The first-order valence-electron chi connectivity index (χ1n) is 9.30. The number of benzene rings is 3. The Morgan fingerprint density at radius 3 is 2.10 bits per heavy atom. The third-order valence-corrected chi connectivity index (χ3v) is 5.49. The van der Waals surface area contributed by atoms with E-state index in [2.05, 4.69) is 21.2 Å². The maximum atomic E-state index is 13.0. The molecule has 1 N–H and O–H groups in total. The van der Waals surface area contributed by atoms with Crippen LogP contribution in [0.25, 0.3) is 0 Å². The van der Waals surface area contributed by atoms with Crippen LogP contribution in [-0.2, 0) is 17.9 Å². The number of hydrogen-bond acceptors (Lipinski definition) is 2. The average Bonchev–Trinajstić information content (AvgIpc) is 2.77. The van der Waals surface area contributed by atoms with E-state index in [1.54, 1.807) is 24.3 Å². The van der Waals surface area contributed by atoms with E-state index in [4.69, 9.17) is 34.8 Å². The highest BCUT2D eigenvalue weighted by atomic mass is 79.9. The number of hydrogen-bond donors (Lipinski definition) is 1. The Morgan fingerprint density at radius 2 is 1.45 bits per heavy atom. The minimum absolute atomic E-state index is 0.128. The van der Waals surface area contributed by atoms with Gasteiger partial charge in [0.15, 0.2) is 0 Å². The topological polar surface area (TPSA) is 49.4 Å². The number of para-hydroxylation sites is 1. The smallest absolute Gasteiger partial charge is 0.279 e. The molecule has 0 heterocycles. The van der Waals surface area contributed by atoms with E-state index in [0.717, 1.165) is 15.6 Å². The molecule has 8 heteroatoms. The second-order valence-corrected chi connectivity index (χ2v) is 9.90. The number of halogens is 4. The molecule has 0 aromatic heterocycles. The molecule has 0 aliphatic rings. The summed E-state index contributed by atoms with van der Waals surface area (Å²) in [7, 11) is 0. The van der Waals surface area contributed by atoms with Gasteiger partial charge in [-0.1, -0.05) is 105 Å².